The monoisotopic (exact) mass is 433 g/mol. The van der Waals surface area contributed by atoms with E-state index in [4.69, 9.17) is 0 Å². The molecule has 4 aromatic rings. The molecule has 2 N–H and O–H groups in total. The van der Waals surface area contributed by atoms with E-state index in [-0.39, 0.29) is 5.91 Å². The van der Waals surface area contributed by atoms with E-state index in [1.54, 1.807) is 18.0 Å². The molecule has 6 nitrogen and oxygen atoms in total. The van der Waals surface area contributed by atoms with Crippen LogP contribution in [-0.4, -0.2) is 21.1 Å². The molecule has 2 aromatic carbocycles. The summed E-state index contributed by atoms with van der Waals surface area (Å²) in [5.41, 5.74) is 3.12. The Balaban J connectivity index is 1.49. The van der Waals surface area contributed by atoms with E-state index >= 15 is 0 Å². The first-order chi connectivity index (χ1) is 14.7. The number of nitrogens with one attached hydrogen (secondary N) is 2. The summed E-state index contributed by atoms with van der Waals surface area (Å²) in [5, 5.41) is 16.3. The van der Waals surface area contributed by atoms with Gasteiger partial charge in [-0.2, -0.15) is 0 Å². The summed E-state index contributed by atoms with van der Waals surface area (Å²) in [6, 6.07) is 21.9. The molecule has 150 valence electrons. The lowest BCUT2D eigenvalue weighted by atomic mass is 10.2. The number of hydrogen-bond acceptors (Lipinski definition) is 7. The molecule has 0 aliphatic carbocycles. The largest absolute Gasteiger partial charge is 0.330 e. The van der Waals surface area contributed by atoms with Crippen molar-refractivity contribution in [3.8, 4) is 10.6 Å². The molecule has 2 aromatic heterocycles. The van der Waals surface area contributed by atoms with Gasteiger partial charge in [-0.3, -0.25) is 4.79 Å². The van der Waals surface area contributed by atoms with E-state index < -0.39 is 0 Å². The van der Waals surface area contributed by atoms with Gasteiger partial charge in [0, 0.05) is 35.0 Å². The molecule has 30 heavy (non-hydrogen) atoms. The van der Waals surface area contributed by atoms with Crippen LogP contribution in [0.5, 0.6) is 0 Å². The molecule has 0 aliphatic heterocycles. The second-order valence-corrected chi connectivity index (χ2v) is 8.41. The molecule has 0 saturated heterocycles. The van der Waals surface area contributed by atoms with Gasteiger partial charge in [-0.15, -0.1) is 22.0 Å². The molecule has 8 heteroatoms. The third-order valence-electron chi connectivity index (χ3n) is 4.09. The van der Waals surface area contributed by atoms with Crippen molar-refractivity contribution < 1.29 is 4.79 Å². The summed E-state index contributed by atoms with van der Waals surface area (Å²) in [5.74, 6) is 1.18. The van der Waals surface area contributed by atoms with E-state index in [2.05, 4.69) is 37.9 Å². The lowest BCUT2D eigenvalue weighted by Crippen LogP contribution is -2.07. The summed E-state index contributed by atoms with van der Waals surface area (Å²) < 4.78 is 0. The number of rotatable bonds is 7. The van der Waals surface area contributed by atoms with Gasteiger partial charge in [0.05, 0.1) is 0 Å². The average Bonchev–Trinajstić information content (AvgIpc) is 3.21. The van der Waals surface area contributed by atoms with E-state index in [0.717, 1.165) is 37.6 Å². The Bertz CT molecular complexity index is 1150. The highest BCUT2D eigenvalue weighted by Crippen LogP contribution is 2.36. The Hall–Kier alpha value is -3.23. The predicted octanol–water partition coefficient (Wildman–Crippen LogP) is 5.59. The Morgan fingerprint density at radius 3 is 2.67 bits per heavy atom. The summed E-state index contributed by atoms with van der Waals surface area (Å²) >= 11 is 3.24. The van der Waals surface area contributed by atoms with Crippen molar-refractivity contribution in [3.05, 3.63) is 78.5 Å². The van der Waals surface area contributed by atoms with Crippen molar-refractivity contribution >= 4 is 45.6 Å². The molecule has 0 radical (unpaired) electrons. The van der Waals surface area contributed by atoms with Crippen LogP contribution in [0.1, 0.15) is 12.5 Å². The van der Waals surface area contributed by atoms with Gasteiger partial charge in [-0.05, 0) is 35.9 Å². The van der Waals surface area contributed by atoms with Crippen molar-refractivity contribution in [1.29, 1.82) is 0 Å². The number of aromatic nitrogens is 3. The van der Waals surface area contributed by atoms with Gasteiger partial charge in [0.2, 0.25) is 11.0 Å². The highest BCUT2D eigenvalue weighted by atomic mass is 32.2. The van der Waals surface area contributed by atoms with Crippen LogP contribution in [0.2, 0.25) is 0 Å². The van der Waals surface area contributed by atoms with Gasteiger partial charge in [0.25, 0.3) is 0 Å². The van der Waals surface area contributed by atoms with Crippen LogP contribution in [0.25, 0.3) is 10.6 Å². The lowest BCUT2D eigenvalue weighted by Gasteiger charge is -2.08. The standard InChI is InChI=1S/C22H19N5OS2/c1-15(28)24-20-13-16(11-12-23-20)14-29-19-10-6-5-9-18(19)21-26-27-22(30-21)25-17-7-3-2-4-8-17/h2-13H,14H2,1H3,(H,25,27)(H,23,24,28). The fourth-order valence-electron chi connectivity index (χ4n) is 2.77. The molecule has 0 atom stereocenters. The molecule has 0 aliphatic rings. The zero-order chi connectivity index (χ0) is 20.8. The molecular weight excluding hydrogens is 414 g/mol. The van der Waals surface area contributed by atoms with Crippen LogP contribution in [0, 0.1) is 0 Å². The highest BCUT2D eigenvalue weighted by Gasteiger charge is 2.12. The van der Waals surface area contributed by atoms with Gasteiger partial charge >= 0.3 is 0 Å². The first kappa shape index (κ1) is 20.1. The molecule has 0 fully saturated rings. The van der Waals surface area contributed by atoms with Crippen molar-refractivity contribution in [2.24, 2.45) is 0 Å². The van der Waals surface area contributed by atoms with Crippen LogP contribution in [0.15, 0.2) is 77.8 Å². The quantitative estimate of drug-likeness (QED) is 0.370. The number of anilines is 3. The minimum Gasteiger partial charge on any atom is -0.330 e. The molecule has 0 unspecified atom stereocenters. The van der Waals surface area contributed by atoms with Gasteiger partial charge in [0.15, 0.2) is 5.01 Å². The minimum absolute atomic E-state index is 0.131. The molecule has 0 saturated carbocycles. The predicted molar refractivity (Wildman–Crippen MR) is 123 cm³/mol. The zero-order valence-electron chi connectivity index (χ0n) is 16.2. The smallest absolute Gasteiger partial charge is 0.222 e. The SMILES string of the molecule is CC(=O)Nc1cc(CSc2ccccc2-c2nnc(Nc3ccccc3)s2)ccn1. The molecule has 2 heterocycles. The second kappa shape index (κ2) is 9.51. The summed E-state index contributed by atoms with van der Waals surface area (Å²) in [4.78, 5) is 16.5. The third kappa shape index (κ3) is 5.22. The minimum atomic E-state index is -0.131. The maximum Gasteiger partial charge on any atom is 0.222 e. The normalized spacial score (nSPS) is 10.6. The Morgan fingerprint density at radius 2 is 1.83 bits per heavy atom. The van der Waals surface area contributed by atoms with Crippen LogP contribution in [0.3, 0.4) is 0 Å². The van der Waals surface area contributed by atoms with E-state index in [0.29, 0.717) is 5.82 Å². The number of carbonyl (C=O) groups is 1. The number of nitrogens with zero attached hydrogens (tertiary/aromatic N) is 3. The zero-order valence-corrected chi connectivity index (χ0v) is 17.8. The summed E-state index contributed by atoms with van der Waals surface area (Å²) in [6.07, 6.45) is 1.71. The highest BCUT2D eigenvalue weighted by molar-refractivity contribution is 7.98. The van der Waals surface area contributed by atoms with Crippen LogP contribution < -0.4 is 10.6 Å². The Kier molecular flexibility index (Phi) is 6.36. The molecule has 0 spiro atoms. The molecule has 4 rings (SSSR count). The average molecular weight is 434 g/mol. The van der Waals surface area contributed by atoms with Crippen molar-refractivity contribution in [2.45, 2.75) is 17.6 Å². The summed E-state index contributed by atoms with van der Waals surface area (Å²) in [7, 11) is 0. The van der Waals surface area contributed by atoms with Crippen molar-refractivity contribution in [2.75, 3.05) is 10.6 Å². The third-order valence-corrected chi connectivity index (χ3v) is 6.11. The van der Waals surface area contributed by atoms with Crippen molar-refractivity contribution in [1.82, 2.24) is 15.2 Å². The number of carbonyl (C=O) groups excluding carboxylic acids is 1. The Labute approximate surface area is 182 Å². The van der Waals surface area contributed by atoms with E-state index in [1.165, 1.54) is 18.3 Å². The van der Waals surface area contributed by atoms with Gasteiger partial charge in [0.1, 0.15) is 5.82 Å². The maximum atomic E-state index is 11.2. The number of para-hydroxylation sites is 1. The topological polar surface area (TPSA) is 79.8 Å². The lowest BCUT2D eigenvalue weighted by molar-refractivity contribution is -0.114. The fourth-order valence-corrected chi connectivity index (χ4v) is 4.64. The van der Waals surface area contributed by atoms with Crippen LogP contribution in [-0.2, 0) is 10.5 Å². The van der Waals surface area contributed by atoms with E-state index in [1.807, 2.05) is 54.6 Å². The number of benzene rings is 2. The van der Waals surface area contributed by atoms with Gasteiger partial charge in [-0.25, -0.2) is 4.98 Å². The fraction of sp³-hybridized carbons (Fsp3) is 0.0909. The Morgan fingerprint density at radius 1 is 1.03 bits per heavy atom. The van der Waals surface area contributed by atoms with Crippen LogP contribution >= 0.6 is 23.1 Å². The molecule has 0 bridgehead atoms. The number of pyridine rings is 1. The van der Waals surface area contributed by atoms with E-state index in [9.17, 15) is 4.79 Å². The maximum absolute atomic E-state index is 11.2. The number of amides is 1. The van der Waals surface area contributed by atoms with Gasteiger partial charge in [-0.1, -0.05) is 47.7 Å². The number of thioether (sulfide) groups is 1. The van der Waals surface area contributed by atoms with Crippen LogP contribution in [0.4, 0.5) is 16.6 Å². The number of hydrogen-bond donors (Lipinski definition) is 2. The second-order valence-electron chi connectivity index (χ2n) is 6.42. The summed E-state index contributed by atoms with van der Waals surface area (Å²) in [6.45, 7) is 1.47. The molecule has 1 amide bonds. The van der Waals surface area contributed by atoms with Gasteiger partial charge < -0.3 is 10.6 Å². The molecular formula is C22H19N5OS2. The first-order valence-corrected chi connectivity index (χ1v) is 11.1. The van der Waals surface area contributed by atoms with Crippen molar-refractivity contribution in [3.63, 3.8) is 0 Å². The first-order valence-electron chi connectivity index (χ1n) is 9.28.